The molecular weight excluding hydrogens is 382 g/mol. The number of hydrogen-bond donors (Lipinski definition) is 6. The molecule has 10 heteroatoms. The maximum absolute atomic E-state index is 10.3. The smallest absolute Gasteiger partial charge is 0.320 e. The maximum Gasteiger partial charge on any atom is 0.320 e. The molecule has 0 bridgehead atoms. The summed E-state index contributed by atoms with van der Waals surface area (Å²) < 4.78 is 0. The van der Waals surface area contributed by atoms with Crippen LogP contribution in [0.4, 0.5) is 0 Å². The minimum absolute atomic E-state index is 0.185. The lowest BCUT2D eigenvalue weighted by Gasteiger charge is -2.10. The number of β-amino-alcohol motifs (C(OH)–C–C–N with tert-alkyl or cyclic N) is 2. The van der Waals surface area contributed by atoms with Gasteiger partial charge in [-0.3, -0.25) is 14.5 Å². The molecule has 6 atom stereocenters. The van der Waals surface area contributed by atoms with Gasteiger partial charge in [0.25, 0.3) is 0 Å². The van der Waals surface area contributed by atoms with Gasteiger partial charge in [0, 0.05) is 38.5 Å². The summed E-state index contributed by atoms with van der Waals surface area (Å²) in [7, 11) is 2.00. The molecule has 3 rings (SSSR count). The minimum atomic E-state index is -0.883. The summed E-state index contributed by atoms with van der Waals surface area (Å²) in [5.74, 6) is -0.954. The van der Waals surface area contributed by atoms with E-state index in [0.717, 1.165) is 19.3 Å². The van der Waals surface area contributed by atoms with E-state index >= 15 is 0 Å². The molecular formula is C19H35N3O7. The van der Waals surface area contributed by atoms with Crippen LogP contribution < -0.4 is 10.6 Å². The summed E-state index contributed by atoms with van der Waals surface area (Å²) in [4.78, 5) is 32.8. The fourth-order valence-electron chi connectivity index (χ4n) is 3.67. The molecule has 3 unspecified atom stereocenters. The molecule has 168 valence electrons. The van der Waals surface area contributed by atoms with Crippen LogP contribution in [0.25, 0.3) is 0 Å². The lowest BCUT2D eigenvalue weighted by molar-refractivity contribution is -0.139. The minimum Gasteiger partial charge on any atom is -0.481 e. The van der Waals surface area contributed by atoms with E-state index in [1.54, 1.807) is 0 Å². The largest absolute Gasteiger partial charge is 0.481 e. The van der Waals surface area contributed by atoms with E-state index in [2.05, 4.69) is 22.5 Å². The Morgan fingerprint density at radius 3 is 2.00 bits per heavy atom. The normalized spacial score (nSPS) is 33.9. The predicted molar refractivity (Wildman–Crippen MR) is 106 cm³/mol. The first-order valence-electron chi connectivity index (χ1n) is 10.0. The van der Waals surface area contributed by atoms with Crippen LogP contribution >= 0.6 is 0 Å². The molecule has 0 aliphatic carbocycles. The fraction of sp³-hybridized carbons (Fsp3) is 0.842. The molecule has 0 saturated carbocycles. The highest BCUT2D eigenvalue weighted by Gasteiger charge is 2.27. The lowest BCUT2D eigenvalue weighted by Crippen LogP contribution is -2.29. The van der Waals surface area contributed by atoms with Crippen LogP contribution in [0, 0.1) is 5.92 Å². The highest BCUT2D eigenvalue weighted by molar-refractivity contribution is 5.73. The van der Waals surface area contributed by atoms with Crippen LogP contribution in [0.2, 0.25) is 0 Å². The number of aliphatic hydroxyl groups is 2. The van der Waals surface area contributed by atoms with E-state index in [0.29, 0.717) is 38.3 Å². The number of carboxylic acid groups (broad SMARTS) is 2. The number of carbonyl (C=O) groups is 3. The molecule has 3 heterocycles. The molecule has 0 aromatic rings. The van der Waals surface area contributed by atoms with Gasteiger partial charge < -0.3 is 35.9 Å². The molecule has 3 fully saturated rings. The first kappa shape index (κ1) is 25.4. The van der Waals surface area contributed by atoms with Crippen LogP contribution in [0.3, 0.4) is 0 Å². The van der Waals surface area contributed by atoms with Crippen LogP contribution in [-0.4, -0.2) is 101 Å². The quantitative estimate of drug-likeness (QED) is 0.303. The Balaban J connectivity index is 0.000000219. The van der Waals surface area contributed by atoms with Crippen molar-refractivity contribution in [1.29, 1.82) is 0 Å². The number of aliphatic hydroxyl groups excluding tert-OH is 2. The van der Waals surface area contributed by atoms with Crippen LogP contribution in [-0.2, 0) is 14.4 Å². The summed E-state index contributed by atoms with van der Waals surface area (Å²) in [5.41, 5.74) is 0. The van der Waals surface area contributed by atoms with Crippen molar-refractivity contribution < 1.29 is 34.8 Å². The van der Waals surface area contributed by atoms with E-state index in [1.165, 1.54) is 0 Å². The molecule has 6 N–H and O–H groups in total. The highest BCUT2D eigenvalue weighted by Crippen LogP contribution is 2.18. The molecule has 0 aromatic carbocycles. The van der Waals surface area contributed by atoms with Crippen LogP contribution in [0.1, 0.15) is 39.0 Å². The zero-order valence-electron chi connectivity index (χ0n) is 17.2. The van der Waals surface area contributed by atoms with Crippen molar-refractivity contribution in [2.24, 2.45) is 5.92 Å². The summed E-state index contributed by atoms with van der Waals surface area (Å²) in [6, 6.07) is -0.152. The molecule has 0 spiro atoms. The molecule has 29 heavy (non-hydrogen) atoms. The third kappa shape index (κ3) is 10.1. The van der Waals surface area contributed by atoms with Crippen LogP contribution in [0.5, 0.6) is 0 Å². The number of nitrogens with zero attached hydrogens (tertiary/aromatic N) is 1. The number of likely N-dealkylation sites (tertiary alicyclic amines) is 1. The Hall–Kier alpha value is -1.59. The van der Waals surface area contributed by atoms with Crippen molar-refractivity contribution in [3.63, 3.8) is 0 Å². The summed E-state index contributed by atoms with van der Waals surface area (Å²) >= 11 is 0. The van der Waals surface area contributed by atoms with Crippen molar-refractivity contribution >= 4 is 18.2 Å². The van der Waals surface area contributed by atoms with Gasteiger partial charge in [-0.25, -0.2) is 0 Å². The second-order valence-corrected chi connectivity index (χ2v) is 8.10. The molecule has 3 aliphatic rings. The Morgan fingerprint density at radius 2 is 1.69 bits per heavy atom. The maximum atomic E-state index is 10.3. The average molecular weight is 418 g/mol. The number of aliphatic carboxylic acids is 2. The Morgan fingerprint density at radius 1 is 1.07 bits per heavy atom. The molecule has 0 amide bonds. The number of hydrogen-bond acceptors (Lipinski definition) is 8. The van der Waals surface area contributed by atoms with Gasteiger partial charge in [-0.2, -0.15) is 0 Å². The van der Waals surface area contributed by atoms with Crippen molar-refractivity contribution in [2.45, 2.75) is 69.4 Å². The van der Waals surface area contributed by atoms with Gasteiger partial charge in [-0.05, 0) is 32.2 Å². The van der Waals surface area contributed by atoms with Crippen molar-refractivity contribution in [2.75, 3.05) is 26.7 Å². The van der Waals surface area contributed by atoms with Crippen molar-refractivity contribution in [3.05, 3.63) is 0 Å². The Bertz CT molecular complexity index is 534. The Kier molecular flexibility index (Phi) is 11.3. The fourth-order valence-corrected chi connectivity index (χ4v) is 3.67. The van der Waals surface area contributed by atoms with Gasteiger partial charge in [0.15, 0.2) is 0 Å². The van der Waals surface area contributed by atoms with Gasteiger partial charge >= 0.3 is 11.9 Å². The Labute approximate surface area is 171 Å². The summed E-state index contributed by atoms with van der Waals surface area (Å²) in [6.45, 7) is 4.25. The number of likely N-dealkylation sites (N-methyl/N-ethyl adjacent to an activating group) is 1. The van der Waals surface area contributed by atoms with Crippen LogP contribution in [0.15, 0.2) is 0 Å². The topological polar surface area (TPSA) is 159 Å². The molecule has 3 saturated heterocycles. The zero-order valence-corrected chi connectivity index (χ0v) is 17.2. The second kappa shape index (κ2) is 12.9. The zero-order chi connectivity index (χ0) is 22.0. The monoisotopic (exact) mass is 417 g/mol. The molecule has 10 nitrogen and oxygen atoms in total. The third-order valence-corrected chi connectivity index (χ3v) is 5.28. The SMILES string of the molecule is CC1C[C@@H](C=O)N(C)C1.O=C(O)CC[C@@H]1CC(O)CN1.O=C(O)[C@@H]1CC(O)CN1. The third-order valence-electron chi connectivity index (χ3n) is 5.28. The molecule has 0 radical (unpaired) electrons. The van der Waals surface area contributed by atoms with Gasteiger partial charge in [0.1, 0.15) is 12.3 Å². The standard InChI is InChI=1S/C7H13NO3.C7H13NO.C5H9NO3/c9-6-3-5(8-4-6)1-2-7(10)11;1-6-3-7(5-9)8(2)4-6;7-3-1-4(5(8)9)6-2-3/h5-6,8-9H,1-4H2,(H,10,11);5-7H,3-4H2,1-2H3;3-4,6-7H,1-2H2,(H,8,9)/t5-,6?;6?,7-;3?,4-/m100/s1. The molecule has 0 aromatic heterocycles. The van der Waals surface area contributed by atoms with E-state index < -0.39 is 24.1 Å². The van der Waals surface area contributed by atoms with E-state index in [1.807, 2.05) is 7.05 Å². The van der Waals surface area contributed by atoms with Gasteiger partial charge in [0.2, 0.25) is 0 Å². The summed E-state index contributed by atoms with van der Waals surface area (Å²) in [6.07, 6.45) is 3.14. The highest BCUT2D eigenvalue weighted by atomic mass is 16.4. The van der Waals surface area contributed by atoms with E-state index in [-0.39, 0.29) is 24.6 Å². The number of rotatable bonds is 5. The van der Waals surface area contributed by atoms with Crippen molar-refractivity contribution in [1.82, 2.24) is 15.5 Å². The number of aldehydes is 1. The summed E-state index contributed by atoms with van der Waals surface area (Å²) in [5, 5.41) is 40.3. The second-order valence-electron chi connectivity index (χ2n) is 8.10. The van der Waals surface area contributed by atoms with E-state index in [9.17, 15) is 14.4 Å². The average Bonchev–Trinajstić information content (AvgIpc) is 3.34. The van der Waals surface area contributed by atoms with Crippen molar-refractivity contribution in [3.8, 4) is 0 Å². The number of carbonyl (C=O) groups excluding carboxylic acids is 1. The number of nitrogens with one attached hydrogen (secondary N) is 2. The first-order chi connectivity index (χ1) is 13.6. The van der Waals surface area contributed by atoms with E-state index in [4.69, 9.17) is 20.4 Å². The van der Waals surface area contributed by atoms with Gasteiger partial charge in [0.05, 0.1) is 18.2 Å². The van der Waals surface area contributed by atoms with Gasteiger partial charge in [-0.1, -0.05) is 6.92 Å². The molecule has 3 aliphatic heterocycles. The number of carboxylic acids is 2. The lowest BCUT2D eigenvalue weighted by atomic mass is 10.1. The first-order valence-corrected chi connectivity index (χ1v) is 10.0. The predicted octanol–water partition coefficient (Wildman–Crippen LogP) is -1.11. The van der Waals surface area contributed by atoms with Gasteiger partial charge in [-0.15, -0.1) is 0 Å².